The summed E-state index contributed by atoms with van der Waals surface area (Å²) in [7, 11) is -3.31. The van der Waals surface area contributed by atoms with Crippen LogP contribution in [0.25, 0.3) is 0 Å². The van der Waals surface area contributed by atoms with Crippen molar-refractivity contribution in [3.05, 3.63) is 0 Å². The number of hydrogen-bond donors (Lipinski definition) is 2. The van der Waals surface area contributed by atoms with Crippen LogP contribution in [0.4, 0.5) is 0 Å². The minimum atomic E-state index is -3.31. The maximum atomic E-state index is 12.2. The molecule has 8 heteroatoms. The zero-order valence-electron chi connectivity index (χ0n) is 12.3. The second-order valence-corrected chi connectivity index (χ2v) is 7.19. The van der Waals surface area contributed by atoms with Crippen molar-refractivity contribution in [1.29, 1.82) is 0 Å². The third-order valence-electron chi connectivity index (χ3n) is 3.78. The number of sulfonamides is 1. The molecule has 1 fully saturated rings. The summed E-state index contributed by atoms with van der Waals surface area (Å²) in [5.41, 5.74) is 5.91. The molecule has 0 spiro atoms. The van der Waals surface area contributed by atoms with Crippen molar-refractivity contribution in [2.45, 2.75) is 44.9 Å². The summed E-state index contributed by atoms with van der Waals surface area (Å²) in [6, 6.07) is -0.536. The van der Waals surface area contributed by atoms with Gasteiger partial charge in [0.05, 0.1) is 11.3 Å². The van der Waals surface area contributed by atoms with Crippen molar-refractivity contribution in [2.75, 3.05) is 19.6 Å². The van der Waals surface area contributed by atoms with E-state index in [0.717, 1.165) is 6.42 Å². The largest absolute Gasteiger partial charge is 0.340 e. The monoisotopic (exact) mass is 327 g/mol. The average molecular weight is 328 g/mol. The van der Waals surface area contributed by atoms with Crippen LogP contribution in [0.2, 0.25) is 0 Å². The standard InChI is InChI=1S/C12H25N3O3S.ClH/c1-4-9(3)11(13)12(16)15-7-6-10(8-15)19(17,18)14-5-2;/h9-11,14H,4-8,13H2,1-3H3;1H. The Morgan fingerprint density at radius 3 is 2.55 bits per heavy atom. The van der Waals surface area contributed by atoms with Gasteiger partial charge in [0.15, 0.2) is 0 Å². The van der Waals surface area contributed by atoms with Crippen molar-refractivity contribution < 1.29 is 13.2 Å². The van der Waals surface area contributed by atoms with Crippen molar-refractivity contribution >= 4 is 28.3 Å². The van der Waals surface area contributed by atoms with Gasteiger partial charge in [0, 0.05) is 19.6 Å². The van der Waals surface area contributed by atoms with Gasteiger partial charge in [-0.3, -0.25) is 4.79 Å². The first kappa shape index (κ1) is 19.6. The smallest absolute Gasteiger partial charge is 0.239 e. The summed E-state index contributed by atoms with van der Waals surface area (Å²) in [5.74, 6) is -0.0273. The molecule has 1 aliphatic heterocycles. The van der Waals surface area contributed by atoms with Crippen LogP contribution in [-0.2, 0) is 14.8 Å². The van der Waals surface area contributed by atoms with Crippen LogP contribution < -0.4 is 10.5 Å². The average Bonchev–Trinajstić information content (AvgIpc) is 2.86. The lowest BCUT2D eigenvalue weighted by atomic mass is 9.99. The Labute approximate surface area is 127 Å². The molecule has 0 saturated carbocycles. The number of nitrogens with two attached hydrogens (primary N) is 1. The topological polar surface area (TPSA) is 92.5 Å². The number of nitrogens with zero attached hydrogens (tertiary/aromatic N) is 1. The maximum Gasteiger partial charge on any atom is 0.239 e. The van der Waals surface area contributed by atoms with E-state index in [9.17, 15) is 13.2 Å². The highest BCUT2D eigenvalue weighted by molar-refractivity contribution is 7.90. The molecule has 3 N–H and O–H groups in total. The minimum absolute atomic E-state index is 0. The summed E-state index contributed by atoms with van der Waals surface area (Å²) in [6.45, 7) is 6.76. The molecule has 1 amide bonds. The summed E-state index contributed by atoms with van der Waals surface area (Å²) in [5, 5.41) is -0.513. The lowest BCUT2D eigenvalue weighted by Crippen LogP contribution is -2.47. The predicted molar refractivity (Wildman–Crippen MR) is 82.3 cm³/mol. The van der Waals surface area contributed by atoms with Crippen LogP contribution in [0.1, 0.15) is 33.6 Å². The van der Waals surface area contributed by atoms with Gasteiger partial charge in [0.25, 0.3) is 0 Å². The van der Waals surface area contributed by atoms with E-state index in [1.165, 1.54) is 0 Å². The van der Waals surface area contributed by atoms with Crippen LogP contribution in [0.15, 0.2) is 0 Å². The summed E-state index contributed by atoms with van der Waals surface area (Å²) >= 11 is 0. The van der Waals surface area contributed by atoms with E-state index in [1.807, 2.05) is 13.8 Å². The van der Waals surface area contributed by atoms with E-state index in [-0.39, 0.29) is 30.8 Å². The first-order chi connectivity index (χ1) is 8.83. The van der Waals surface area contributed by atoms with E-state index < -0.39 is 21.3 Å². The molecule has 0 aliphatic carbocycles. The Morgan fingerprint density at radius 1 is 1.45 bits per heavy atom. The number of amides is 1. The fraction of sp³-hybridized carbons (Fsp3) is 0.917. The molecule has 0 aromatic carbocycles. The quantitative estimate of drug-likeness (QED) is 0.735. The van der Waals surface area contributed by atoms with Gasteiger partial charge in [-0.15, -0.1) is 12.4 Å². The first-order valence-electron chi connectivity index (χ1n) is 6.86. The second kappa shape index (κ2) is 8.17. The van der Waals surface area contributed by atoms with Gasteiger partial charge in [-0.2, -0.15) is 0 Å². The molecule has 1 saturated heterocycles. The molecule has 3 unspecified atom stereocenters. The van der Waals surface area contributed by atoms with E-state index in [4.69, 9.17) is 5.73 Å². The number of carbonyl (C=O) groups is 1. The highest BCUT2D eigenvalue weighted by Crippen LogP contribution is 2.18. The number of hydrogen-bond acceptors (Lipinski definition) is 4. The fourth-order valence-corrected chi connectivity index (χ4v) is 3.64. The number of halogens is 1. The van der Waals surface area contributed by atoms with E-state index >= 15 is 0 Å². The molecule has 1 heterocycles. The first-order valence-corrected chi connectivity index (χ1v) is 8.40. The van der Waals surface area contributed by atoms with Gasteiger partial charge < -0.3 is 10.6 Å². The highest BCUT2D eigenvalue weighted by Gasteiger charge is 2.36. The molecule has 0 radical (unpaired) electrons. The third kappa shape index (κ3) is 4.58. The summed E-state index contributed by atoms with van der Waals surface area (Å²) < 4.78 is 26.3. The lowest BCUT2D eigenvalue weighted by molar-refractivity contribution is -0.132. The molecule has 1 rings (SSSR count). The number of carbonyl (C=O) groups excluding carboxylic acids is 1. The lowest BCUT2D eigenvalue weighted by Gasteiger charge is -2.24. The van der Waals surface area contributed by atoms with Crippen LogP contribution in [0.3, 0.4) is 0 Å². The van der Waals surface area contributed by atoms with Crippen molar-refractivity contribution in [3.8, 4) is 0 Å². The van der Waals surface area contributed by atoms with Gasteiger partial charge in [0.1, 0.15) is 0 Å². The molecule has 3 atom stereocenters. The SMILES string of the molecule is CCNS(=O)(=O)C1CCN(C(=O)C(N)C(C)CC)C1.Cl. The zero-order chi connectivity index (χ0) is 14.6. The van der Waals surface area contributed by atoms with E-state index in [0.29, 0.717) is 19.5 Å². The van der Waals surface area contributed by atoms with Crippen molar-refractivity contribution in [2.24, 2.45) is 11.7 Å². The highest BCUT2D eigenvalue weighted by atomic mass is 35.5. The normalized spacial score (nSPS) is 22.2. The van der Waals surface area contributed by atoms with Gasteiger partial charge in [0.2, 0.25) is 15.9 Å². The summed E-state index contributed by atoms with van der Waals surface area (Å²) in [4.78, 5) is 13.7. The molecule has 6 nitrogen and oxygen atoms in total. The van der Waals surface area contributed by atoms with Gasteiger partial charge >= 0.3 is 0 Å². The Morgan fingerprint density at radius 2 is 2.05 bits per heavy atom. The van der Waals surface area contributed by atoms with Crippen LogP contribution in [0, 0.1) is 5.92 Å². The fourth-order valence-electron chi connectivity index (χ4n) is 2.21. The maximum absolute atomic E-state index is 12.2. The van der Waals surface area contributed by atoms with Crippen LogP contribution >= 0.6 is 12.4 Å². The van der Waals surface area contributed by atoms with Crippen molar-refractivity contribution in [1.82, 2.24) is 9.62 Å². The minimum Gasteiger partial charge on any atom is -0.340 e. The Bertz CT molecular complexity index is 416. The Hall–Kier alpha value is -0.370. The van der Waals surface area contributed by atoms with Gasteiger partial charge in [-0.25, -0.2) is 13.1 Å². The summed E-state index contributed by atoms with van der Waals surface area (Å²) in [6.07, 6.45) is 1.31. The zero-order valence-corrected chi connectivity index (χ0v) is 14.0. The third-order valence-corrected chi connectivity index (χ3v) is 5.74. The number of rotatable bonds is 6. The predicted octanol–water partition coefficient (Wildman–Crippen LogP) is 0.322. The molecular weight excluding hydrogens is 302 g/mol. The molecule has 1 aliphatic rings. The molecule has 120 valence electrons. The molecule has 20 heavy (non-hydrogen) atoms. The molecule has 0 bridgehead atoms. The number of likely N-dealkylation sites (tertiary alicyclic amines) is 1. The Balaban J connectivity index is 0.00000361. The van der Waals surface area contributed by atoms with Crippen molar-refractivity contribution in [3.63, 3.8) is 0 Å². The van der Waals surface area contributed by atoms with Crippen LogP contribution in [-0.4, -0.2) is 50.2 Å². The molecule has 0 aromatic heterocycles. The molecule has 0 aromatic rings. The Kier molecular flexibility index (Phi) is 8.01. The van der Waals surface area contributed by atoms with Gasteiger partial charge in [-0.1, -0.05) is 27.2 Å². The van der Waals surface area contributed by atoms with E-state index in [1.54, 1.807) is 11.8 Å². The number of nitrogens with one attached hydrogen (secondary N) is 1. The van der Waals surface area contributed by atoms with Crippen LogP contribution in [0.5, 0.6) is 0 Å². The molecular formula is C12H26ClN3O3S. The van der Waals surface area contributed by atoms with Gasteiger partial charge in [-0.05, 0) is 12.3 Å². The second-order valence-electron chi connectivity index (χ2n) is 5.15. The van der Waals surface area contributed by atoms with E-state index in [2.05, 4.69) is 4.72 Å².